The van der Waals surface area contributed by atoms with Crippen molar-refractivity contribution in [1.82, 2.24) is 15.2 Å². The normalized spacial score (nSPS) is 10.4. The molecule has 0 aliphatic heterocycles. The van der Waals surface area contributed by atoms with Gasteiger partial charge in [0.2, 0.25) is 5.13 Å². The summed E-state index contributed by atoms with van der Waals surface area (Å²) in [6.07, 6.45) is 4.37. The van der Waals surface area contributed by atoms with Gasteiger partial charge in [-0.1, -0.05) is 17.4 Å². The summed E-state index contributed by atoms with van der Waals surface area (Å²) in [6.45, 7) is 0.683. The van der Waals surface area contributed by atoms with Crippen LogP contribution in [-0.4, -0.2) is 27.6 Å². The monoisotopic (exact) mass is 277 g/mol. The summed E-state index contributed by atoms with van der Waals surface area (Å²) >= 11 is 1.38. The highest BCUT2D eigenvalue weighted by Crippen LogP contribution is 2.17. The number of hydrogen-bond acceptors (Lipinski definition) is 6. The van der Waals surface area contributed by atoms with Gasteiger partial charge in [0.15, 0.2) is 0 Å². The fourth-order valence-electron chi connectivity index (χ4n) is 1.48. The Morgan fingerprint density at radius 1 is 1.32 bits per heavy atom. The molecule has 2 rings (SSSR count). The number of unbranched alkanes of at least 4 members (excludes halogenated alkanes) is 1. The number of carbonyl (C=O) groups is 1. The first-order valence-corrected chi connectivity index (χ1v) is 6.86. The number of nitrogens with two attached hydrogens (primary N) is 1. The quantitative estimate of drug-likeness (QED) is 0.780. The molecule has 0 saturated heterocycles. The van der Waals surface area contributed by atoms with Crippen LogP contribution in [0.1, 0.15) is 28.3 Å². The first-order valence-electron chi connectivity index (χ1n) is 6.04. The predicted molar refractivity (Wildman–Crippen MR) is 74.1 cm³/mol. The van der Waals surface area contributed by atoms with Crippen LogP contribution in [0.15, 0.2) is 24.4 Å². The van der Waals surface area contributed by atoms with Gasteiger partial charge in [-0.2, -0.15) is 0 Å². The molecule has 2 heterocycles. The molecule has 0 radical (unpaired) electrons. The molecule has 3 N–H and O–H groups in total. The van der Waals surface area contributed by atoms with Gasteiger partial charge in [0.05, 0.1) is 0 Å². The summed E-state index contributed by atoms with van der Waals surface area (Å²) in [5.74, 6) is -0.273. The van der Waals surface area contributed by atoms with Crippen LogP contribution in [0.5, 0.6) is 0 Å². The number of pyridine rings is 1. The maximum Gasteiger partial charge on any atom is 0.276 e. The van der Waals surface area contributed by atoms with Gasteiger partial charge < -0.3 is 5.73 Å². The molecule has 100 valence electrons. The maximum atomic E-state index is 11.8. The lowest BCUT2D eigenvalue weighted by Gasteiger charge is -1.98. The Morgan fingerprint density at radius 2 is 2.21 bits per heavy atom. The third-order valence-corrected chi connectivity index (χ3v) is 3.33. The Labute approximate surface area is 115 Å². The average Bonchev–Trinajstić information content (AvgIpc) is 2.88. The van der Waals surface area contributed by atoms with E-state index in [0.29, 0.717) is 17.4 Å². The smallest absolute Gasteiger partial charge is 0.276 e. The molecular weight excluding hydrogens is 262 g/mol. The van der Waals surface area contributed by atoms with E-state index in [2.05, 4.69) is 20.5 Å². The molecule has 1 amide bonds. The zero-order valence-electron chi connectivity index (χ0n) is 10.4. The van der Waals surface area contributed by atoms with E-state index in [9.17, 15) is 4.79 Å². The van der Waals surface area contributed by atoms with E-state index in [-0.39, 0.29) is 5.91 Å². The van der Waals surface area contributed by atoms with Crippen molar-refractivity contribution in [3.05, 3.63) is 35.1 Å². The minimum Gasteiger partial charge on any atom is -0.330 e. The van der Waals surface area contributed by atoms with E-state index >= 15 is 0 Å². The lowest BCUT2D eigenvalue weighted by molar-refractivity contribution is 0.102. The van der Waals surface area contributed by atoms with Crippen LogP contribution in [0.25, 0.3) is 0 Å². The summed E-state index contributed by atoms with van der Waals surface area (Å²) in [4.78, 5) is 15.8. The van der Waals surface area contributed by atoms with Gasteiger partial charge in [-0.25, -0.2) is 0 Å². The van der Waals surface area contributed by atoms with Gasteiger partial charge >= 0.3 is 0 Å². The molecule has 19 heavy (non-hydrogen) atoms. The number of rotatable bonds is 6. The summed E-state index contributed by atoms with van der Waals surface area (Å²) in [7, 11) is 0. The molecule has 6 nitrogen and oxygen atoms in total. The number of nitrogens with one attached hydrogen (secondary N) is 1. The highest BCUT2D eigenvalue weighted by atomic mass is 32.1. The molecule has 2 aromatic heterocycles. The Kier molecular flexibility index (Phi) is 4.93. The maximum absolute atomic E-state index is 11.8. The summed E-state index contributed by atoms with van der Waals surface area (Å²) in [6, 6.07) is 5.18. The molecule has 0 fully saturated rings. The van der Waals surface area contributed by atoms with Crippen molar-refractivity contribution in [2.45, 2.75) is 19.3 Å². The number of carbonyl (C=O) groups excluding carboxylic acids is 1. The highest BCUT2D eigenvalue weighted by Gasteiger charge is 2.10. The summed E-state index contributed by atoms with van der Waals surface area (Å²) in [5.41, 5.74) is 5.79. The van der Waals surface area contributed by atoms with Crippen LogP contribution in [0.4, 0.5) is 5.13 Å². The zero-order valence-corrected chi connectivity index (χ0v) is 11.2. The average molecular weight is 277 g/mol. The van der Waals surface area contributed by atoms with E-state index < -0.39 is 0 Å². The first-order chi connectivity index (χ1) is 9.29. The molecule has 0 aliphatic carbocycles. The second kappa shape index (κ2) is 6.91. The molecule has 0 bridgehead atoms. The number of nitrogens with zero attached hydrogens (tertiary/aromatic N) is 3. The largest absolute Gasteiger partial charge is 0.330 e. The Bertz CT molecular complexity index is 528. The van der Waals surface area contributed by atoms with Crippen LogP contribution in [-0.2, 0) is 6.42 Å². The summed E-state index contributed by atoms with van der Waals surface area (Å²) in [5, 5.41) is 12.1. The van der Waals surface area contributed by atoms with E-state index in [0.717, 1.165) is 24.3 Å². The van der Waals surface area contributed by atoms with E-state index in [1.165, 1.54) is 11.3 Å². The van der Waals surface area contributed by atoms with Crippen LogP contribution in [0.2, 0.25) is 0 Å². The van der Waals surface area contributed by atoms with Crippen molar-refractivity contribution in [1.29, 1.82) is 0 Å². The molecule has 0 saturated carbocycles. The molecule has 0 spiro atoms. The van der Waals surface area contributed by atoms with Crippen LogP contribution < -0.4 is 11.1 Å². The SMILES string of the molecule is NCCCCc1nnc(NC(=O)c2ccccn2)s1. The number of aromatic nitrogens is 3. The van der Waals surface area contributed by atoms with Crippen LogP contribution in [0.3, 0.4) is 0 Å². The van der Waals surface area contributed by atoms with Gasteiger partial charge in [-0.15, -0.1) is 10.2 Å². The standard InChI is InChI=1S/C12H15N5OS/c13-7-3-1-6-10-16-17-12(19-10)15-11(18)9-5-2-4-8-14-9/h2,4-5,8H,1,3,6-7,13H2,(H,15,17,18). The molecule has 0 aromatic carbocycles. The first kappa shape index (κ1) is 13.6. The van der Waals surface area contributed by atoms with Gasteiger partial charge in [-0.3, -0.25) is 15.1 Å². The van der Waals surface area contributed by atoms with Crippen LogP contribution >= 0.6 is 11.3 Å². The lowest BCUT2D eigenvalue weighted by atomic mass is 10.2. The molecular formula is C12H15N5OS. The number of anilines is 1. The lowest BCUT2D eigenvalue weighted by Crippen LogP contribution is -2.13. The molecule has 0 aliphatic rings. The fraction of sp³-hybridized carbons (Fsp3) is 0.333. The van der Waals surface area contributed by atoms with Crippen molar-refractivity contribution in [2.24, 2.45) is 5.73 Å². The Morgan fingerprint density at radius 3 is 2.95 bits per heavy atom. The summed E-state index contributed by atoms with van der Waals surface area (Å²) < 4.78 is 0. The van der Waals surface area contributed by atoms with Gasteiger partial charge in [0.1, 0.15) is 10.7 Å². The van der Waals surface area contributed by atoms with E-state index in [1.807, 2.05) is 0 Å². The predicted octanol–water partition coefficient (Wildman–Crippen LogP) is 1.47. The number of hydrogen-bond donors (Lipinski definition) is 2. The topological polar surface area (TPSA) is 93.8 Å². The molecule has 0 atom stereocenters. The third-order valence-electron chi connectivity index (χ3n) is 2.43. The zero-order chi connectivity index (χ0) is 13.5. The van der Waals surface area contributed by atoms with Crippen molar-refractivity contribution < 1.29 is 4.79 Å². The number of amides is 1. The van der Waals surface area contributed by atoms with E-state index in [4.69, 9.17) is 5.73 Å². The van der Waals surface area contributed by atoms with Gasteiger partial charge in [0, 0.05) is 12.6 Å². The minimum absolute atomic E-state index is 0.273. The second-order valence-corrected chi connectivity index (χ2v) is 4.98. The molecule has 2 aromatic rings. The van der Waals surface area contributed by atoms with Crippen molar-refractivity contribution in [3.63, 3.8) is 0 Å². The van der Waals surface area contributed by atoms with Crippen molar-refractivity contribution in [3.8, 4) is 0 Å². The number of aryl methyl sites for hydroxylation is 1. The Balaban J connectivity index is 1.91. The van der Waals surface area contributed by atoms with Crippen molar-refractivity contribution in [2.75, 3.05) is 11.9 Å². The third kappa shape index (κ3) is 4.08. The molecule has 7 heteroatoms. The van der Waals surface area contributed by atoms with Gasteiger partial charge in [0.25, 0.3) is 5.91 Å². The Hall–Kier alpha value is -1.86. The minimum atomic E-state index is -0.273. The van der Waals surface area contributed by atoms with Crippen LogP contribution in [0, 0.1) is 0 Å². The molecule has 0 unspecified atom stereocenters. The second-order valence-electron chi connectivity index (χ2n) is 3.92. The van der Waals surface area contributed by atoms with Gasteiger partial charge in [-0.05, 0) is 31.5 Å². The van der Waals surface area contributed by atoms with Crippen molar-refractivity contribution >= 4 is 22.4 Å². The fourth-order valence-corrected chi connectivity index (χ4v) is 2.26. The van der Waals surface area contributed by atoms with E-state index in [1.54, 1.807) is 24.4 Å². The highest BCUT2D eigenvalue weighted by molar-refractivity contribution is 7.15.